The lowest BCUT2D eigenvalue weighted by molar-refractivity contribution is 0.0628. The van der Waals surface area contributed by atoms with Crippen molar-refractivity contribution in [3.05, 3.63) is 29.3 Å². The van der Waals surface area contributed by atoms with Gasteiger partial charge in [-0.2, -0.15) is 0 Å². The highest BCUT2D eigenvalue weighted by Crippen LogP contribution is 2.21. The highest BCUT2D eigenvalue weighted by atomic mass is 19.1. The van der Waals surface area contributed by atoms with Gasteiger partial charge in [-0.05, 0) is 25.1 Å². The van der Waals surface area contributed by atoms with E-state index in [0.717, 1.165) is 38.2 Å². The van der Waals surface area contributed by atoms with Gasteiger partial charge < -0.3 is 10.6 Å². The van der Waals surface area contributed by atoms with Gasteiger partial charge in [-0.3, -0.25) is 9.69 Å². The first-order valence-electron chi connectivity index (χ1n) is 6.79. The Labute approximate surface area is 117 Å². The van der Waals surface area contributed by atoms with Gasteiger partial charge >= 0.3 is 0 Å². The SMILES string of the molecule is CCCN1CCN(C(=O)c2c(F)ccc(N)c2F)CC1. The number of halogens is 2. The highest BCUT2D eigenvalue weighted by Gasteiger charge is 2.27. The number of carbonyl (C=O) groups excluding carboxylic acids is 1. The average Bonchev–Trinajstić information content (AvgIpc) is 2.44. The van der Waals surface area contributed by atoms with Crippen molar-refractivity contribution in [1.82, 2.24) is 9.80 Å². The van der Waals surface area contributed by atoms with Crippen molar-refractivity contribution in [2.75, 3.05) is 38.5 Å². The smallest absolute Gasteiger partial charge is 0.259 e. The quantitative estimate of drug-likeness (QED) is 0.859. The predicted octanol–water partition coefficient (Wildman–Crippen LogP) is 1.71. The minimum absolute atomic E-state index is 0.209. The molecule has 1 saturated heterocycles. The number of rotatable bonds is 3. The molecule has 0 bridgehead atoms. The van der Waals surface area contributed by atoms with Crippen LogP contribution in [-0.2, 0) is 0 Å². The fourth-order valence-corrected chi connectivity index (χ4v) is 2.41. The summed E-state index contributed by atoms with van der Waals surface area (Å²) >= 11 is 0. The van der Waals surface area contributed by atoms with E-state index in [0.29, 0.717) is 13.1 Å². The summed E-state index contributed by atoms with van der Waals surface area (Å²) in [7, 11) is 0. The van der Waals surface area contributed by atoms with Crippen LogP contribution in [0.2, 0.25) is 0 Å². The van der Waals surface area contributed by atoms with Crippen molar-refractivity contribution in [2.45, 2.75) is 13.3 Å². The molecular weight excluding hydrogens is 264 g/mol. The third kappa shape index (κ3) is 2.90. The molecule has 0 atom stereocenters. The lowest BCUT2D eigenvalue weighted by atomic mass is 10.1. The Bertz CT molecular complexity index is 499. The summed E-state index contributed by atoms with van der Waals surface area (Å²) in [5, 5.41) is 0. The number of amides is 1. The molecule has 0 saturated carbocycles. The molecule has 2 rings (SSSR count). The van der Waals surface area contributed by atoms with Crippen molar-refractivity contribution in [2.24, 2.45) is 0 Å². The lowest BCUT2D eigenvalue weighted by Crippen LogP contribution is -2.49. The molecule has 1 heterocycles. The van der Waals surface area contributed by atoms with Crippen molar-refractivity contribution < 1.29 is 13.6 Å². The Hall–Kier alpha value is -1.69. The standard InChI is InChI=1S/C14H19F2N3O/c1-2-5-18-6-8-19(9-7-18)14(20)12-10(15)3-4-11(17)13(12)16/h3-4H,2,5-9,17H2,1H3. The number of nitrogens with zero attached hydrogens (tertiary/aromatic N) is 2. The van der Waals surface area contributed by atoms with Crippen LogP contribution in [0.1, 0.15) is 23.7 Å². The third-order valence-corrected chi connectivity index (χ3v) is 3.53. The number of piperazine rings is 1. The fourth-order valence-electron chi connectivity index (χ4n) is 2.41. The predicted molar refractivity (Wildman–Crippen MR) is 73.4 cm³/mol. The van der Waals surface area contributed by atoms with E-state index in [9.17, 15) is 13.6 Å². The number of hydrogen-bond donors (Lipinski definition) is 1. The molecule has 1 amide bonds. The summed E-state index contributed by atoms with van der Waals surface area (Å²) in [4.78, 5) is 15.9. The summed E-state index contributed by atoms with van der Waals surface area (Å²) in [5.41, 5.74) is 4.64. The van der Waals surface area contributed by atoms with Gasteiger partial charge in [0, 0.05) is 26.2 Å². The molecule has 20 heavy (non-hydrogen) atoms. The van der Waals surface area contributed by atoms with Gasteiger partial charge in [0.25, 0.3) is 5.91 Å². The first-order valence-corrected chi connectivity index (χ1v) is 6.79. The highest BCUT2D eigenvalue weighted by molar-refractivity contribution is 5.95. The maximum absolute atomic E-state index is 13.8. The number of nitrogens with two attached hydrogens (primary N) is 1. The normalized spacial score (nSPS) is 16.4. The van der Waals surface area contributed by atoms with Crippen LogP contribution >= 0.6 is 0 Å². The third-order valence-electron chi connectivity index (χ3n) is 3.53. The summed E-state index contributed by atoms with van der Waals surface area (Å²) in [6.07, 6.45) is 1.05. The van der Waals surface area contributed by atoms with Crippen LogP contribution in [0.15, 0.2) is 12.1 Å². The zero-order valence-electron chi connectivity index (χ0n) is 11.5. The number of hydrogen-bond acceptors (Lipinski definition) is 3. The number of benzene rings is 1. The Morgan fingerprint density at radius 2 is 1.90 bits per heavy atom. The number of nitrogen functional groups attached to an aromatic ring is 1. The largest absolute Gasteiger partial charge is 0.396 e. The van der Waals surface area contributed by atoms with Gasteiger partial charge in [-0.25, -0.2) is 8.78 Å². The topological polar surface area (TPSA) is 49.6 Å². The second-order valence-corrected chi connectivity index (χ2v) is 4.96. The molecular formula is C14H19F2N3O. The van der Waals surface area contributed by atoms with Gasteiger partial charge in [-0.15, -0.1) is 0 Å². The zero-order chi connectivity index (χ0) is 14.7. The van der Waals surface area contributed by atoms with E-state index in [1.165, 1.54) is 4.90 Å². The van der Waals surface area contributed by atoms with Crippen LogP contribution in [0.25, 0.3) is 0 Å². The van der Waals surface area contributed by atoms with Gasteiger partial charge in [0.2, 0.25) is 0 Å². The van der Waals surface area contributed by atoms with Gasteiger partial charge in [0.15, 0.2) is 5.82 Å². The Kier molecular flexibility index (Phi) is 4.54. The molecule has 1 aliphatic heterocycles. The van der Waals surface area contributed by atoms with Crippen LogP contribution in [-0.4, -0.2) is 48.4 Å². The van der Waals surface area contributed by atoms with E-state index >= 15 is 0 Å². The van der Waals surface area contributed by atoms with Gasteiger partial charge in [-0.1, -0.05) is 6.92 Å². The fraction of sp³-hybridized carbons (Fsp3) is 0.500. The molecule has 0 spiro atoms. The first kappa shape index (κ1) is 14.7. The number of carbonyl (C=O) groups is 1. The number of anilines is 1. The van der Waals surface area contributed by atoms with Gasteiger partial charge in [0.05, 0.1) is 5.69 Å². The van der Waals surface area contributed by atoms with E-state index in [2.05, 4.69) is 11.8 Å². The van der Waals surface area contributed by atoms with Crippen LogP contribution in [0, 0.1) is 11.6 Å². The van der Waals surface area contributed by atoms with E-state index < -0.39 is 23.1 Å². The molecule has 1 aromatic rings. The molecule has 1 fully saturated rings. The molecule has 0 aromatic heterocycles. The monoisotopic (exact) mass is 283 g/mol. The van der Waals surface area contributed by atoms with E-state index in [1.807, 2.05) is 0 Å². The zero-order valence-corrected chi connectivity index (χ0v) is 11.5. The van der Waals surface area contributed by atoms with Crippen LogP contribution in [0.3, 0.4) is 0 Å². The Balaban J connectivity index is 2.12. The van der Waals surface area contributed by atoms with Crippen molar-refractivity contribution >= 4 is 11.6 Å². The first-order chi connectivity index (χ1) is 9.54. The van der Waals surface area contributed by atoms with Crippen molar-refractivity contribution in [3.8, 4) is 0 Å². The van der Waals surface area contributed by atoms with Crippen LogP contribution in [0.4, 0.5) is 14.5 Å². The van der Waals surface area contributed by atoms with E-state index in [-0.39, 0.29) is 5.69 Å². The molecule has 110 valence electrons. The maximum Gasteiger partial charge on any atom is 0.259 e. The lowest BCUT2D eigenvalue weighted by Gasteiger charge is -2.34. The van der Waals surface area contributed by atoms with E-state index in [1.54, 1.807) is 0 Å². The molecule has 4 nitrogen and oxygen atoms in total. The summed E-state index contributed by atoms with van der Waals surface area (Å²) in [6, 6.07) is 2.15. The Morgan fingerprint density at radius 3 is 2.50 bits per heavy atom. The molecule has 2 N–H and O–H groups in total. The molecule has 1 aromatic carbocycles. The minimum Gasteiger partial charge on any atom is -0.396 e. The second-order valence-electron chi connectivity index (χ2n) is 4.96. The molecule has 0 radical (unpaired) electrons. The Morgan fingerprint density at radius 1 is 1.25 bits per heavy atom. The van der Waals surface area contributed by atoms with E-state index in [4.69, 9.17) is 5.73 Å². The van der Waals surface area contributed by atoms with Crippen molar-refractivity contribution in [3.63, 3.8) is 0 Å². The van der Waals surface area contributed by atoms with Crippen LogP contribution < -0.4 is 5.73 Å². The van der Waals surface area contributed by atoms with Crippen molar-refractivity contribution in [1.29, 1.82) is 0 Å². The maximum atomic E-state index is 13.8. The summed E-state index contributed by atoms with van der Waals surface area (Å²) < 4.78 is 27.5. The van der Waals surface area contributed by atoms with Crippen LogP contribution in [0.5, 0.6) is 0 Å². The second kappa shape index (κ2) is 6.17. The molecule has 0 unspecified atom stereocenters. The van der Waals surface area contributed by atoms with Gasteiger partial charge in [0.1, 0.15) is 11.4 Å². The molecule has 1 aliphatic rings. The summed E-state index contributed by atoms with van der Waals surface area (Å²) in [6.45, 7) is 5.48. The molecule has 0 aliphatic carbocycles. The minimum atomic E-state index is -0.967. The summed E-state index contributed by atoms with van der Waals surface area (Å²) in [5.74, 6) is -2.45. The molecule has 6 heteroatoms. The average molecular weight is 283 g/mol.